The zero-order valence-corrected chi connectivity index (χ0v) is 8.86. The van der Waals surface area contributed by atoms with Gasteiger partial charge < -0.3 is 5.73 Å². The van der Waals surface area contributed by atoms with Crippen LogP contribution < -0.4 is 5.73 Å². The summed E-state index contributed by atoms with van der Waals surface area (Å²) in [4.78, 5) is 0. The molecule has 0 aromatic heterocycles. The fourth-order valence-electron chi connectivity index (χ4n) is 0.667. The number of rotatable bonds is 2. The van der Waals surface area contributed by atoms with Gasteiger partial charge in [0.05, 0.1) is 0 Å². The first-order chi connectivity index (χ1) is 5.09. The molecule has 0 saturated carbocycles. The van der Waals surface area contributed by atoms with E-state index in [4.69, 9.17) is 5.73 Å². The highest BCUT2D eigenvalue weighted by atomic mass is 14.6. The lowest BCUT2D eigenvalue weighted by atomic mass is 10.0. The lowest BCUT2D eigenvalue weighted by Crippen LogP contribution is -2.17. The summed E-state index contributed by atoms with van der Waals surface area (Å²) in [5.41, 5.74) is 8.41. The van der Waals surface area contributed by atoms with Crippen molar-refractivity contribution in [1.29, 1.82) is 0 Å². The fourth-order valence-corrected chi connectivity index (χ4v) is 0.667. The van der Waals surface area contributed by atoms with Crippen LogP contribution in [0.15, 0.2) is 11.1 Å². The van der Waals surface area contributed by atoms with E-state index in [0.717, 1.165) is 6.42 Å². The minimum Gasteiger partial charge on any atom is -0.324 e. The van der Waals surface area contributed by atoms with Crippen LogP contribution in [0, 0.1) is 0 Å². The van der Waals surface area contributed by atoms with Crippen LogP contribution in [0.2, 0.25) is 0 Å². The van der Waals surface area contributed by atoms with Gasteiger partial charge in [-0.3, -0.25) is 0 Å². The Hall–Kier alpha value is -0.300. The molecule has 0 radical (unpaired) electrons. The van der Waals surface area contributed by atoms with Crippen LogP contribution in [0.3, 0.4) is 0 Å². The van der Waals surface area contributed by atoms with Gasteiger partial charge in [0.1, 0.15) is 0 Å². The van der Waals surface area contributed by atoms with Crippen molar-refractivity contribution in [1.82, 2.24) is 0 Å². The molecule has 0 aliphatic carbocycles. The summed E-state index contributed by atoms with van der Waals surface area (Å²) in [6, 6.07) is 0.227. The Balaban J connectivity index is 0. The quantitative estimate of drug-likeness (QED) is 0.612. The maximum Gasteiger partial charge on any atom is 0.0224 e. The van der Waals surface area contributed by atoms with Gasteiger partial charge in [-0.1, -0.05) is 31.9 Å². The van der Waals surface area contributed by atoms with E-state index in [9.17, 15) is 0 Å². The van der Waals surface area contributed by atoms with E-state index in [1.165, 1.54) is 11.1 Å². The van der Waals surface area contributed by atoms with Crippen molar-refractivity contribution in [3.63, 3.8) is 0 Å². The van der Waals surface area contributed by atoms with Crippen LogP contribution in [-0.4, -0.2) is 6.04 Å². The minimum atomic E-state index is 0.227. The molecule has 1 unspecified atom stereocenters. The van der Waals surface area contributed by atoms with E-state index in [-0.39, 0.29) is 6.04 Å². The second-order valence-electron chi connectivity index (χ2n) is 2.61. The van der Waals surface area contributed by atoms with Gasteiger partial charge in [-0.25, -0.2) is 0 Å². The minimum absolute atomic E-state index is 0.227. The predicted molar refractivity (Wildman–Crippen MR) is 53.7 cm³/mol. The van der Waals surface area contributed by atoms with Gasteiger partial charge in [0.2, 0.25) is 0 Å². The van der Waals surface area contributed by atoms with Gasteiger partial charge in [0, 0.05) is 6.04 Å². The summed E-state index contributed by atoms with van der Waals surface area (Å²) >= 11 is 0. The summed E-state index contributed by atoms with van der Waals surface area (Å²) in [5, 5.41) is 0. The largest absolute Gasteiger partial charge is 0.324 e. The topological polar surface area (TPSA) is 26.0 Å². The first-order valence-corrected chi connectivity index (χ1v) is 4.51. The van der Waals surface area contributed by atoms with Gasteiger partial charge in [0.15, 0.2) is 0 Å². The van der Waals surface area contributed by atoms with Crippen LogP contribution in [0.4, 0.5) is 0 Å². The highest BCUT2D eigenvalue weighted by molar-refractivity contribution is 5.13. The van der Waals surface area contributed by atoms with E-state index in [0.29, 0.717) is 0 Å². The van der Waals surface area contributed by atoms with Gasteiger partial charge in [0.25, 0.3) is 0 Å². The second-order valence-corrected chi connectivity index (χ2v) is 2.61. The lowest BCUT2D eigenvalue weighted by Gasteiger charge is -2.08. The summed E-state index contributed by atoms with van der Waals surface area (Å²) in [7, 11) is 0. The lowest BCUT2D eigenvalue weighted by molar-refractivity contribution is 0.831. The summed E-state index contributed by atoms with van der Waals surface area (Å²) in [6.45, 7) is 12.4. The number of nitrogens with two attached hydrogens (primary N) is 1. The van der Waals surface area contributed by atoms with Crippen molar-refractivity contribution < 1.29 is 0 Å². The average Bonchev–Trinajstić information content (AvgIpc) is 2.05. The van der Waals surface area contributed by atoms with Crippen LogP contribution in [0.1, 0.15) is 48.0 Å². The molecule has 0 bridgehead atoms. The maximum absolute atomic E-state index is 5.65. The molecule has 0 spiro atoms. The number of hydrogen-bond acceptors (Lipinski definition) is 1. The molecule has 0 aliphatic heterocycles. The fraction of sp³-hybridized carbons (Fsp3) is 0.800. The first-order valence-electron chi connectivity index (χ1n) is 4.51. The van der Waals surface area contributed by atoms with Gasteiger partial charge in [-0.05, 0) is 27.2 Å². The molecule has 0 aliphatic rings. The van der Waals surface area contributed by atoms with E-state index >= 15 is 0 Å². The third-order valence-electron chi connectivity index (χ3n) is 1.89. The van der Waals surface area contributed by atoms with Gasteiger partial charge in [-0.15, -0.1) is 0 Å². The summed E-state index contributed by atoms with van der Waals surface area (Å²) in [5.74, 6) is 0. The maximum atomic E-state index is 5.65. The Kier molecular flexibility index (Phi) is 9.44. The molecule has 0 rings (SSSR count). The second kappa shape index (κ2) is 7.80. The molecule has 1 heteroatoms. The zero-order chi connectivity index (χ0) is 9.44. The van der Waals surface area contributed by atoms with Crippen LogP contribution >= 0.6 is 0 Å². The molecule has 0 heterocycles. The predicted octanol–water partition coefficient (Wildman–Crippen LogP) is 3.11. The third kappa shape index (κ3) is 6.11. The molecule has 2 N–H and O–H groups in total. The number of allylic oxidation sites excluding steroid dienone is 1. The van der Waals surface area contributed by atoms with Crippen molar-refractivity contribution >= 4 is 0 Å². The highest BCUT2D eigenvalue weighted by Crippen LogP contribution is 2.08. The molecule has 0 fully saturated rings. The van der Waals surface area contributed by atoms with Crippen molar-refractivity contribution in [3.05, 3.63) is 11.1 Å². The van der Waals surface area contributed by atoms with E-state index in [1.54, 1.807) is 0 Å². The summed E-state index contributed by atoms with van der Waals surface area (Å²) < 4.78 is 0. The molecule has 68 valence electrons. The molecular formula is C10H23N. The molecule has 1 atom stereocenters. The summed E-state index contributed by atoms with van der Waals surface area (Å²) in [6.07, 6.45) is 1.12. The van der Waals surface area contributed by atoms with E-state index < -0.39 is 0 Å². The molecular weight excluding hydrogens is 134 g/mol. The van der Waals surface area contributed by atoms with E-state index in [1.807, 2.05) is 20.8 Å². The van der Waals surface area contributed by atoms with Gasteiger partial charge >= 0.3 is 0 Å². The SMILES string of the molecule is CC.CC/C(C)=C(\C)C(C)N. The third-order valence-corrected chi connectivity index (χ3v) is 1.89. The van der Waals surface area contributed by atoms with Crippen LogP contribution in [0.25, 0.3) is 0 Å². The molecule has 0 amide bonds. The molecule has 0 aromatic rings. The highest BCUT2D eigenvalue weighted by Gasteiger charge is 1.98. The van der Waals surface area contributed by atoms with Crippen molar-refractivity contribution in [2.45, 2.75) is 54.0 Å². The van der Waals surface area contributed by atoms with Crippen molar-refractivity contribution in [2.24, 2.45) is 5.73 Å². The van der Waals surface area contributed by atoms with Crippen molar-refractivity contribution in [2.75, 3.05) is 0 Å². The van der Waals surface area contributed by atoms with E-state index in [2.05, 4.69) is 20.8 Å². The monoisotopic (exact) mass is 157 g/mol. The normalized spacial score (nSPS) is 14.5. The first kappa shape index (κ1) is 13.3. The molecule has 1 nitrogen and oxygen atoms in total. The Labute approximate surface area is 71.7 Å². The van der Waals surface area contributed by atoms with Crippen LogP contribution in [-0.2, 0) is 0 Å². The Morgan fingerprint density at radius 1 is 1.27 bits per heavy atom. The molecule has 11 heavy (non-hydrogen) atoms. The molecule has 0 aromatic carbocycles. The zero-order valence-electron chi connectivity index (χ0n) is 8.86. The number of hydrogen-bond donors (Lipinski definition) is 1. The van der Waals surface area contributed by atoms with Gasteiger partial charge in [-0.2, -0.15) is 0 Å². The standard InChI is InChI=1S/C8H17N.C2H6/c1-5-6(2)7(3)8(4)9;1-2/h8H,5,9H2,1-4H3;1-2H3/b7-6+;. The van der Waals surface area contributed by atoms with Crippen LogP contribution in [0.5, 0.6) is 0 Å². The average molecular weight is 157 g/mol. The molecule has 0 saturated heterocycles. The Morgan fingerprint density at radius 3 is 1.73 bits per heavy atom. The Bertz CT molecular complexity index is 112. The Morgan fingerprint density at radius 2 is 1.64 bits per heavy atom. The smallest absolute Gasteiger partial charge is 0.0224 e. The van der Waals surface area contributed by atoms with Crippen molar-refractivity contribution in [3.8, 4) is 0 Å².